The first-order valence-electron chi connectivity index (χ1n) is 6.64. The van der Waals surface area contributed by atoms with E-state index in [2.05, 4.69) is 20.9 Å². The van der Waals surface area contributed by atoms with Gasteiger partial charge in [0.1, 0.15) is 11.9 Å². The molecule has 0 bridgehead atoms. The Morgan fingerprint density at radius 3 is 2.70 bits per heavy atom. The van der Waals surface area contributed by atoms with E-state index >= 15 is 0 Å². The quantitative estimate of drug-likeness (QED) is 0.785. The Labute approximate surface area is 119 Å². The summed E-state index contributed by atoms with van der Waals surface area (Å²) in [5.41, 5.74) is 0.602. The van der Waals surface area contributed by atoms with Crippen LogP contribution in [0, 0.1) is 11.3 Å². The Hall–Kier alpha value is -2.13. The maximum absolute atomic E-state index is 11.7. The highest BCUT2D eigenvalue weighted by Gasteiger charge is 2.21. The summed E-state index contributed by atoms with van der Waals surface area (Å²) in [5.74, 6) is 0.864. The van der Waals surface area contributed by atoms with Crippen molar-refractivity contribution in [2.75, 3.05) is 51.7 Å². The molecule has 0 N–H and O–H groups in total. The predicted molar refractivity (Wildman–Crippen MR) is 76.3 cm³/mol. The Morgan fingerprint density at radius 1 is 1.40 bits per heavy atom. The monoisotopic (exact) mass is 273 g/mol. The number of hydrogen-bond donors (Lipinski definition) is 0. The summed E-state index contributed by atoms with van der Waals surface area (Å²) in [6, 6.07) is 5.73. The lowest BCUT2D eigenvalue weighted by atomic mass is 10.2. The molecule has 2 heterocycles. The molecule has 20 heavy (non-hydrogen) atoms. The van der Waals surface area contributed by atoms with Crippen molar-refractivity contribution >= 4 is 11.7 Å². The molecule has 1 saturated heterocycles. The fourth-order valence-corrected chi connectivity index (χ4v) is 2.19. The lowest BCUT2D eigenvalue weighted by Crippen LogP contribution is -2.49. The zero-order valence-corrected chi connectivity index (χ0v) is 11.9. The summed E-state index contributed by atoms with van der Waals surface area (Å²) in [7, 11) is 3.54. The van der Waals surface area contributed by atoms with E-state index in [9.17, 15) is 4.79 Å². The largest absolute Gasteiger partial charge is 0.353 e. The van der Waals surface area contributed by atoms with Crippen molar-refractivity contribution < 1.29 is 4.79 Å². The Morgan fingerprint density at radius 2 is 2.10 bits per heavy atom. The van der Waals surface area contributed by atoms with Gasteiger partial charge in [-0.05, 0) is 12.1 Å². The molecule has 106 valence electrons. The van der Waals surface area contributed by atoms with Crippen LogP contribution in [0.3, 0.4) is 0 Å². The lowest BCUT2D eigenvalue weighted by molar-refractivity contribution is -0.129. The number of nitrogens with zero attached hydrogens (tertiary/aromatic N) is 5. The van der Waals surface area contributed by atoms with Crippen LogP contribution >= 0.6 is 0 Å². The molecule has 0 saturated carbocycles. The second-order valence-electron chi connectivity index (χ2n) is 5.04. The number of carbonyl (C=O) groups is 1. The minimum absolute atomic E-state index is 0.119. The molecule has 0 aromatic carbocycles. The van der Waals surface area contributed by atoms with Gasteiger partial charge in [-0.3, -0.25) is 9.69 Å². The van der Waals surface area contributed by atoms with Gasteiger partial charge in [0, 0.05) is 46.5 Å². The molecule has 6 heteroatoms. The van der Waals surface area contributed by atoms with Crippen LogP contribution in [0.1, 0.15) is 5.56 Å². The van der Waals surface area contributed by atoms with E-state index in [4.69, 9.17) is 5.26 Å². The number of rotatable bonds is 3. The van der Waals surface area contributed by atoms with Crippen molar-refractivity contribution in [3.8, 4) is 6.07 Å². The number of nitriles is 1. The first kappa shape index (κ1) is 14.3. The average molecular weight is 273 g/mol. The molecular weight excluding hydrogens is 254 g/mol. The number of pyridine rings is 1. The fraction of sp³-hybridized carbons (Fsp3) is 0.500. The number of hydrogen-bond acceptors (Lipinski definition) is 5. The molecule has 1 fully saturated rings. The van der Waals surface area contributed by atoms with Crippen LogP contribution in [-0.4, -0.2) is 67.5 Å². The van der Waals surface area contributed by atoms with Gasteiger partial charge in [0.25, 0.3) is 0 Å². The van der Waals surface area contributed by atoms with Crippen molar-refractivity contribution in [3.05, 3.63) is 23.9 Å². The van der Waals surface area contributed by atoms with Gasteiger partial charge in [-0.2, -0.15) is 5.26 Å². The van der Waals surface area contributed by atoms with E-state index in [1.54, 1.807) is 37.3 Å². The van der Waals surface area contributed by atoms with Crippen LogP contribution in [0.15, 0.2) is 18.3 Å². The van der Waals surface area contributed by atoms with Gasteiger partial charge in [-0.15, -0.1) is 0 Å². The van der Waals surface area contributed by atoms with Crippen LogP contribution in [-0.2, 0) is 4.79 Å². The molecule has 0 aliphatic carbocycles. The van der Waals surface area contributed by atoms with E-state index in [1.807, 2.05) is 0 Å². The van der Waals surface area contributed by atoms with Crippen molar-refractivity contribution in [1.82, 2.24) is 14.8 Å². The summed E-state index contributed by atoms with van der Waals surface area (Å²) in [6.45, 7) is 3.63. The minimum atomic E-state index is 0.119. The third-order valence-electron chi connectivity index (χ3n) is 3.44. The lowest BCUT2D eigenvalue weighted by Gasteiger charge is -2.35. The maximum atomic E-state index is 11.7. The molecule has 1 aliphatic heterocycles. The third kappa shape index (κ3) is 3.25. The van der Waals surface area contributed by atoms with Crippen LogP contribution in [0.2, 0.25) is 0 Å². The first-order chi connectivity index (χ1) is 9.61. The van der Waals surface area contributed by atoms with Gasteiger partial charge >= 0.3 is 0 Å². The van der Waals surface area contributed by atoms with Crippen molar-refractivity contribution in [3.63, 3.8) is 0 Å². The number of carbonyl (C=O) groups excluding carboxylic acids is 1. The van der Waals surface area contributed by atoms with Gasteiger partial charge in [-0.25, -0.2) is 4.98 Å². The topological polar surface area (TPSA) is 63.5 Å². The fourth-order valence-electron chi connectivity index (χ4n) is 2.19. The molecule has 0 unspecified atom stereocenters. The highest BCUT2D eigenvalue weighted by Crippen LogP contribution is 2.17. The van der Waals surface area contributed by atoms with Crippen molar-refractivity contribution in [1.29, 1.82) is 5.26 Å². The highest BCUT2D eigenvalue weighted by molar-refractivity contribution is 5.77. The number of likely N-dealkylation sites (N-methyl/N-ethyl adjacent to an activating group) is 1. The second-order valence-corrected chi connectivity index (χ2v) is 5.04. The van der Waals surface area contributed by atoms with Crippen LogP contribution in [0.5, 0.6) is 0 Å². The molecule has 2 rings (SSSR count). The SMILES string of the molecule is CN(C)C(=O)CN1CCN(c2ncccc2C#N)CC1. The van der Waals surface area contributed by atoms with E-state index in [0.29, 0.717) is 12.1 Å². The van der Waals surface area contributed by atoms with E-state index in [0.717, 1.165) is 32.0 Å². The summed E-state index contributed by atoms with van der Waals surface area (Å²) >= 11 is 0. The number of aromatic nitrogens is 1. The van der Waals surface area contributed by atoms with E-state index < -0.39 is 0 Å². The van der Waals surface area contributed by atoms with Gasteiger partial charge in [0.05, 0.1) is 12.1 Å². The number of amides is 1. The third-order valence-corrected chi connectivity index (χ3v) is 3.44. The molecular formula is C14H19N5O. The van der Waals surface area contributed by atoms with E-state index in [1.165, 1.54) is 0 Å². The van der Waals surface area contributed by atoms with Crippen molar-refractivity contribution in [2.45, 2.75) is 0 Å². The average Bonchev–Trinajstić information content (AvgIpc) is 2.48. The smallest absolute Gasteiger partial charge is 0.236 e. The van der Waals surface area contributed by atoms with E-state index in [-0.39, 0.29) is 5.91 Å². The second kappa shape index (κ2) is 6.35. The molecule has 1 aromatic rings. The molecule has 6 nitrogen and oxygen atoms in total. The summed E-state index contributed by atoms with van der Waals surface area (Å²) in [6.07, 6.45) is 1.71. The number of anilines is 1. The standard InChI is InChI=1S/C14H19N5O/c1-17(2)13(20)11-18-6-8-19(9-7-18)14-12(10-15)4-3-5-16-14/h3-5H,6-9,11H2,1-2H3. The normalized spacial score (nSPS) is 15.8. The molecule has 0 radical (unpaired) electrons. The van der Waals surface area contributed by atoms with Crippen LogP contribution in [0.4, 0.5) is 5.82 Å². The summed E-state index contributed by atoms with van der Waals surface area (Å²) in [5, 5.41) is 9.10. The zero-order chi connectivity index (χ0) is 14.5. The highest BCUT2D eigenvalue weighted by atomic mass is 16.2. The predicted octanol–water partition coefficient (Wildman–Crippen LogP) is 0.163. The first-order valence-corrected chi connectivity index (χ1v) is 6.64. The Kier molecular flexibility index (Phi) is 4.53. The Balaban J connectivity index is 1.95. The Bertz CT molecular complexity index is 515. The van der Waals surface area contributed by atoms with Gasteiger partial charge in [-0.1, -0.05) is 0 Å². The van der Waals surface area contributed by atoms with Gasteiger partial charge in [0.15, 0.2) is 0 Å². The van der Waals surface area contributed by atoms with Gasteiger partial charge in [0.2, 0.25) is 5.91 Å². The zero-order valence-electron chi connectivity index (χ0n) is 11.9. The van der Waals surface area contributed by atoms with Crippen LogP contribution < -0.4 is 4.90 Å². The summed E-state index contributed by atoms with van der Waals surface area (Å²) < 4.78 is 0. The van der Waals surface area contributed by atoms with Crippen molar-refractivity contribution in [2.24, 2.45) is 0 Å². The summed E-state index contributed by atoms with van der Waals surface area (Å²) in [4.78, 5) is 21.8. The molecule has 1 aliphatic rings. The minimum Gasteiger partial charge on any atom is -0.353 e. The molecule has 1 aromatic heterocycles. The van der Waals surface area contributed by atoms with Gasteiger partial charge < -0.3 is 9.80 Å². The number of piperazine rings is 1. The molecule has 0 atom stereocenters. The van der Waals surface area contributed by atoms with Crippen LogP contribution in [0.25, 0.3) is 0 Å². The maximum Gasteiger partial charge on any atom is 0.236 e. The molecule has 0 spiro atoms. The molecule has 1 amide bonds.